The van der Waals surface area contributed by atoms with Crippen LogP contribution in [0, 0.1) is 0 Å². The lowest BCUT2D eigenvalue weighted by molar-refractivity contribution is -0.139. The molecule has 1 heterocycles. The Balaban J connectivity index is 1.58. The van der Waals surface area contributed by atoms with Crippen molar-refractivity contribution in [3.05, 3.63) is 71.9 Å². The summed E-state index contributed by atoms with van der Waals surface area (Å²) >= 11 is 0. The molecule has 0 spiro atoms. The van der Waals surface area contributed by atoms with Crippen molar-refractivity contribution in [1.82, 2.24) is 5.16 Å². The Labute approximate surface area is 171 Å². The predicted octanol–water partition coefficient (Wildman–Crippen LogP) is 5.10. The maximum absolute atomic E-state index is 12.5. The first kappa shape index (κ1) is 21.0. The Hall–Kier alpha value is -3.68. The Morgan fingerprint density at radius 1 is 1.13 bits per heavy atom. The van der Waals surface area contributed by atoms with Crippen LogP contribution in [0.15, 0.2) is 65.2 Å². The average molecular weight is 415 g/mol. The zero-order chi connectivity index (χ0) is 21.3. The molecular formula is C22H19F2NO5. The molecule has 0 bridgehead atoms. The number of halogens is 2. The van der Waals surface area contributed by atoms with Gasteiger partial charge in [0.25, 0.3) is 0 Å². The van der Waals surface area contributed by atoms with E-state index in [-0.39, 0.29) is 24.7 Å². The lowest BCUT2D eigenvalue weighted by Gasteiger charge is -2.11. The van der Waals surface area contributed by atoms with Gasteiger partial charge in [-0.1, -0.05) is 41.6 Å². The van der Waals surface area contributed by atoms with Crippen LogP contribution in [0.4, 0.5) is 8.78 Å². The van der Waals surface area contributed by atoms with E-state index in [1.807, 2.05) is 30.3 Å². The van der Waals surface area contributed by atoms with Gasteiger partial charge in [-0.15, -0.1) is 0 Å². The topological polar surface area (TPSA) is 70.8 Å². The highest BCUT2D eigenvalue weighted by molar-refractivity contribution is 5.87. The van der Waals surface area contributed by atoms with E-state index in [1.165, 1.54) is 30.4 Å². The minimum absolute atomic E-state index is 0.0507. The number of ether oxygens (including phenoxy) is 3. The highest BCUT2D eigenvalue weighted by Crippen LogP contribution is 2.30. The molecule has 1 aromatic heterocycles. The fraction of sp³-hybridized carbons (Fsp3) is 0.182. The highest BCUT2D eigenvalue weighted by Gasteiger charge is 2.11. The molecular weight excluding hydrogens is 396 g/mol. The third-order valence-electron chi connectivity index (χ3n) is 3.88. The molecule has 156 valence electrons. The predicted molar refractivity (Wildman–Crippen MR) is 105 cm³/mol. The summed E-state index contributed by atoms with van der Waals surface area (Å²) in [6.07, 6.45) is 2.70. The van der Waals surface area contributed by atoms with Crippen molar-refractivity contribution < 1.29 is 32.3 Å². The van der Waals surface area contributed by atoms with E-state index in [9.17, 15) is 13.6 Å². The molecule has 0 aliphatic heterocycles. The molecule has 0 saturated heterocycles. The van der Waals surface area contributed by atoms with Crippen LogP contribution in [0.25, 0.3) is 17.4 Å². The van der Waals surface area contributed by atoms with Crippen LogP contribution in [-0.2, 0) is 16.1 Å². The van der Waals surface area contributed by atoms with Crippen molar-refractivity contribution >= 4 is 12.0 Å². The van der Waals surface area contributed by atoms with Gasteiger partial charge in [-0.25, -0.2) is 4.79 Å². The van der Waals surface area contributed by atoms with Gasteiger partial charge >= 0.3 is 12.6 Å². The van der Waals surface area contributed by atoms with Crippen LogP contribution in [-0.4, -0.2) is 24.3 Å². The maximum atomic E-state index is 12.5. The van der Waals surface area contributed by atoms with E-state index in [0.29, 0.717) is 17.0 Å². The van der Waals surface area contributed by atoms with E-state index < -0.39 is 12.6 Å². The number of hydrogen-bond acceptors (Lipinski definition) is 6. The SMILES string of the molecule is CCOc1cc(/C=C/C(=O)OCc2cc(-c3ccccc3)on2)ccc1OC(F)F. The quantitative estimate of drug-likeness (QED) is 0.358. The smallest absolute Gasteiger partial charge is 0.387 e. The second-order valence-corrected chi connectivity index (χ2v) is 6.01. The van der Waals surface area contributed by atoms with Gasteiger partial charge in [-0.3, -0.25) is 0 Å². The van der Waals surface area contributed by atoms with Gasteiger partial charge < -0.3 is 18.7 Å². The summed E-state index contributed by atoms with van der Waals surface area (Å²) in [4.78, 5) is 12.0. The largest absolute Gasteiger partial charge is 0.490 e. The zero-order valence-corrected chi connectivity index (χ0v) is 16.1. The molecule has 0 aliphatic carbocycles. The molecule has 3 aromatic rings. The van der Waals surface area contributed by atoms with E-state index in [1.54, 1.807) is 13.0 Å². The Morgan fingerprint density at radius 2 is 1.93 bits per heavy atom. The summed E-state index contributed by atoms with van der Waals surface area (Å²) in [5, 5.41) is 3.88. The van der Waals surface area contributed by atoms with Crippen molar-refractivity contribution in [2.24, 2.45) is 0 Å². The normalized spacial score (nSPS) is 11.1. The third kappa shape index (κ3) is 5.91. The number of rotatable bonds is 9. The molecule has 2 aromatic carbocycles. The summed E-state index contributed by atoms with van der Waals surface area (Å²) in [7, 11) is 0. The van der Waals surface area contributed by atoms with Crippen molar-refractivity contribution in [3.8, 4) is 22.8 Å². The number of benzene rings is 2. The van der Waals surface area contributed by atoms with E-state index in [0.717, 1.165) is 5.56 Å². The lowest BCUT2D eigenvalue weighted by atomic mass is 10.2. The van der Waals surface area contributed by atoms with Gasteiger partial charge in [-0.2, -0.15) is 8.78 Å². The molecule has 0 aliphatic rings. The first-order valence-electron chi connectivity index (χ1n) is 9.12. The average Bonchev–Trinajstić information content (AvgIpc) is 3.22. The number of carbonyl (C=O) groups excluding carboxylic acids is 1. The van der Waals surface area contributed by atoms with E-state index in [2.05, 4.69) is 9.89 Å². The first-order chi connectivity index (χ1) is 14.5. The molecule has 0 atom stereocenters. The minimum Gasteiger partial charge on any atom is -0.490 e. The zero-order valence-electron chi connectivity index (χ0n) is 16.1. The number of esters is 1. The lowest BCUT2D eigenvalue weighted by Crippen LogP contribution is -2.04. The molecule has 0 saturated carbocycles. The molecule has 3 rings (SSSR count). The molecule has 0 amide bonds. The van der Waals surface area contributed by atoms with Crippen LogP contribution in [0.2, 0.25) is 0 Å². The van der Waals surface area contributed by atoms with Crippen molar-refractivity contribution in [2.45, 2.75) is 20.1 Å². The molecule has 0 fully saturated rings. The first-order valence-corrected chi connectivity index (χ1v) is 9.12. The van der Waals surface area contributed by atoms with Crippen molar-refractivity contribution in [2.75, 3.05) is 6.61 Å². The fourth-order valence-corrected chi connectivity index (χ4v) is 2.57. The fourth-order valence-electron chi connectivity index (χ4n) is 2.57. The van der Waals surface area contributed by atoms with Gasteiger partial charge in [-0.05, 0) is 30.7 Å². The number of carbonyl (C=O) groups is 1. The van der Waals surface area contributed by atoms with E-state index in [4.69, 9.17) is 14.0 Å². The molecule has 0 N–H and O–H groups in total. The van der Waals surface area contributed by atoms with Crippen LogP contribution in [0.1, 0.15) is 18.2 Å². The summed E-state index contributed by atoms with van der Waals surface area (Å²) in [5.41, 5.74) is 1.90. The van der Waals surface area contributed by atoms with Crippen LogP contribution < -0.4 is 9.47 Å². The second-order valence-electron chi connectivity index (χ2n) is 6.01. The number of alkyl halides is 2. The number of aromatic nitrogens is 1. The van der Waals surface area contributed by atoms with Gasteiger partial charge in [0.15, 0.2) is 17.3 Å². The Morgan fingerprint density at radius 3 is 2.67 bits per heavy atom. The summed E-state index contributed by atoms with van der Waals surface area (Å²) in [6.45, 7) is -1.01. The maximum Gasteiger partial charge on any atom is 0.387 e. The Bertz CT molecular complexity index is 1000. The summed E-state index contributed by atoms with van der Waals surface area (Å²) in [6, 6.07) is 15.5. The second kappa shape index (κ2) is 10.2. The van der Waals surface area contributed by atoms with E-state index >= 15 is 0 Å². The summed E-state index contributed by atoms with van der Waals surface area (Å²) < 4.78 is 45.0. The molecule has 8 heteroatoms. The Kier molecular flexibility index (Phi) is 7.15. The molecule has 30 heavy (non-hydrogen) atoms. The number of hydrogen-bond donors (Lipinski definition) is 0. The van der Waals surface area contributed by atoms with Crippen LogP contribution >= 0.6 is 0 Å². The third-order valence-corrected chi connectivity index (χ3v) is 3.88. The number of nitrogens with zero attached hydrogens (tertiary/aromatic N) is 1. The van der Waals surface area contributed by atoms with Crippen LogP contribution in [0.5, 0.6) is 11.5 Å². The van der Waals surface area contributed by atoms with Gasteiger partial charge in [0.1, 0.15) is 12.3 Å². The molecule has 0 unspecified atom stereocenters. The standard InChI is InChI=1S/C22H19F2NO5/c1-2-27-20-12-15(8-10-18(20)29-22(23)24)9-11-21(26)28-14-17-13-19(30-25-17)16-6-4-3-5-7-16/h3-13,22H,2,14H2,1H3/b11-9+. The molecule has 6 nitrogen and oxygen atoms in total. The van der Waals surface area contributed by atoms with Crippen molar-refractivity contribution in [3.63, 3.8) is 0 Å². The van der Waals surface area contributed by atoms with Crippen molar-refractivity contribution in [1.29, 1.82) is 0 Å². The van der Waals surface area contributed by atoms with Gasteiger partial charge in [0, 0.05) is 17.7 Å². The minimum atomic E-state index is -2.96. The van der Waals surface area contributed by atoms with Gasteiger partial charge in [0.2, 0.25) is 0 Å². The highest BCUT2D eigenvalue weighted by atomic mass is 19.3. The van der Waals surface area contributed by atoms with Gasteiger partial charge in [0.05, 0.1) is 6.61 Å². The molecule has 0 radical (unpaired) electrons. The summed E-state index contributed by atoms with van der Waals surface area (Å²) in [5.74, 6) is 0.0630. The monoisotopic (exact) mass is 415 g/mol. The van der Waals surface area contributed by atoms with Crippen LogP contribution in [0.3, 0.4) is 0 Å².